The van der Waals surface area contributed by atoms with Crippen LogP contribution in [0.2, 0.25) is 0 Å². The van der Waals surface area contributed by atoms with Gasteiger partial charge in [0, 0.05) is 17.1 Å². The Kier molecular flexibility index (Phi) is 9.50. The lowest BCUT2D eigenvalue weighted by molar-refractivity contribution is -0.144. The molecule has 0 fully saturated rings. The summed E-state index contributed by atoms with van der Waals surface area (Å²) in [6, 6.07) is 1.31. The number of carbonyl (C=O) groups is 6. The Labute approximate surface area is 204 Å². The summed E-state index contributed by atoms with van der Waals surface area (Å²) in [6.07, 6.45) is -0.0666. The molecule has 4 atom stereocenters. The zero-order valence-electron chi connectivity index (χ0n) is 19.2. The standard InChI is InChI=1S/C22H27N5O9/c1-10(22(35)36)25-20(33)15(7-17(28)29)27-21(34)16(8-18(30)31)26-19(32)13(23)6-11-9-24-14-5-3-2-4-12(11)14/h2-5,9-10,13,15-16,24H,6-8,23H2,1H3,(H,25,33)(H,26,32)(H,27,34)(H,28,29)(H,30,31)(H,35,36). The molecule has 0 aliphatic carbocycles. The Morgan fingerprint density at radius 3 is 1.94 bits per heavy atom. The van der Waals surface area contributed by atoms with E-state index in [0.29, 0.717) is 0 Å². The fourth-order valence-corrected chi connectivity index (χ4v) is 3.32. The van der Waals surface area contributed by atoms with Crippen LogP contribution in [0.3, 0.4) is 0 Å². The van der Waals surface area contributed by atoms with E-state index in [0.717, 1.165) is 23.4 Å². The number of aromatic amines is 1. The van der Waals surface area contributed by atoms with Crippen molar-refractivity contribution in [3.8, 4) is 0 Å². The first-order valence-electron chi connectivity index (χ1n) is 10.8. The summed E-state index contributed by atoms with van der Waals surface area (Å²) in [5.74, 6) is -7.46. The van der Waals surface area contributed by atoms with Crippen LogP contribution in [0.4, 0.5) is 0 Å². The maximum Gasteiger partial charge on any atom is 0.325 e. The Hall–Kier alpha value is -4.46. The second-order valence-corrected chi connectivity index (χ2v) is 8.06. The Morgan fingerprint density at radius 2 is 1.39 bits per heavy atom. The molecular weight excluding hydrogens is 478 g/mol. The number of para-hydroxylation sites is 1. The minimum atomic E-state index is -1.73. The maximum atomic E-state index is 12.7. The van der Waals surface area contributed by atoms with E-state index >= 15 is 0 Å². The van der Waals surface area contributed by atoms with Gasteiger partial charge >= 0.3 is 17.9 Å². The van der Waals surface area contributed by atoms with E-state index in [1.807, 2.05) is 23.5 Å². The number of carbonyl (C=O) groups excluding carboxylic acids is 3. The molecule has 3 amide bonds. The number of amides is 3. The fourth-order valence-electron chi connectivity index (χ4n) is 3.32. The smallest absolute Gasteiger partial charge is 0.325 e. The zero-order valence-corrected chi connectivity index (χ0v) is 19.2. The van der Waals surface area contributed by atoms with E-state index in [1.165, 1.54) is 0 Å². The van der Waals surface area contributed by atoms with Gasteiger partial charge in [-0.15, -0.1) is 0 Å². The van der Waals surface area contributed by atoms with Crippen molar-refractivity contribution in [1.29, 1.82) is 0 Å². The van der Waals surface area contributed by atoms with E-state index in [4.69, 9.17) is 15.9 Å². The molecule has 0 bridgehead atoms. The van der Waals surface area contributed by atoms with E-state index in [2.05, 4.69) is 15.6 Å². The maximum absolute atomic E-state index is 12.7. The lowest BCUT2D eigenvalue weighted by atomic mass is 10.0. The van der Waals surface area contributed by atoms with Gasteiger partial charge in [-0.3, -0.25) is 28.8 Å². The van der Waals surface area contributed by atoms with Gasteiger partial charge in [-0.05, 0) is 25.0 Å². The van der Waals surface area contributed by atoms with Crippen LogP contribution in [0.1, 0.15) is 25.3 Å². The van der Waals surface area contributed by atoms with E-state index in [9.17, 15) is 33.9 Å². The molecule has 36 heavy (non-hydrogen) atoms. The molecule has 194 valence electrons. The molecule has 2 aromatic rings. The predicted octanol–water partition coefficient (Wildman–Crippen LogP) is -1.45. The van der Waals surface area contributed by atoms with E-state index < -0.39 is 72.6 Å². The first-order valence-corrected chi connectivity index (χ1v) is 10.8. The average molecular weight is 505 g/mol. The van der Waals surface area contributed by atoms with Crippen molar-refractivity contribution in [3.05, 3.63) is 36.0 Å². The van der Waals surface area contributed by atoms with E-state index in [-0.39, 0.29) is 6.42 Å². The Bertz CT molecular complexity index is 1160. The summed E-state index contributed by atoms with van der Waals surface area (Å²) in [4.78, 5) is 74.1. The number of carboxylic acid groups (broad SMARTS) is 3. The van der Waals surface area contributed by atoms with Gasteiger partial charge in [0.1, 0.15) is 18.1 Å². The highest BCUT2D eigenvalue weighted by Gasteiger charge is 2.32. The van der Waals surface area contributed by atoms with E-state index in [1.54, 1.807) is 12.3 Å². The van der Waals surface area contributed by atoms with Crippen LogP contribution >= 0.6 is 0 Å². The Morgan fingerprint density at radius 1 is 0.861 bits per heavy atom. The van der Waals surface area contributed by atoms with Crippen molar-refractivity contribution in [2.75, 3.05) is 0 Å². The largest absolute Gasteiger partial charge is 0.481 e. The van der Waals surface area contributed by atoms with Crippen LogP contribution in [0.5, 0.6) is 0 Å². The van der Waals surface area contributed by atoms with Gasteiger partial charge < -0.3 is 42.0 Å². The van der Waals surface area contributed by atoms with Gasteiger partial charge in [0.15, 0.2) is 0 Å². The number of hydrogen-bond donors (Lipinski definition) is 8. The highest BCUT2D eigenvalue weighted by atomic mass is 16.4. The molecule has 1 aromatic heterocycles. The zero-order chi connectivity index (χ0) is 27.0. The fraction of sp³-hybridized carbons (Fsp3) is 0.364. The number of aliphatic carboxylic acids is 3. The summed E-state index contributed by atoms with van der Waals surface area (Å²) in [6.45, 7) is 1.13. The molecule has 4 unspecified atom stereocenters. The molecule has 0 spiro atoms. The van der Waals surface area contributed by atoms with Gasteiger partial charge in [-0.2, -0.15) is 0 Å². The van der Waals surface area contributed by atoms with Crippen molar-refractivity contribution in [2.45, 2.75) is 50.4 Å². The third-order valence-electron chi connectivity index (χ3n) is 5.20. The van der Waals surface area contributed by atoms with Crippen LogP contribution in [0.25, 0.3) is 10.9 Å². The normalized spacial score (nSPS) is 14.2. The quantitative estimate of drug-likeness (QED) is 0.157. The summed E-state index contributed by atoms with van der Waals surface area (Å²) in [7, 11) is 0. The molecule has 14 nitrogen and oxygen atoms in total. The van der Waals surface area contributed by atoms with Gasteiger partial charge in [-0.1, -0.05) is 18.2 Å². The second kappa shape index (κ2) is 12.3. The topological polar surface area (TPSA) is 241 Å². The highest BCUT2D eigenvalue weighted by Crippen LogP contribution is 2.18. The number of carboxylic acids is 3. The second-order valence-electron chi connectivity index (χ2n) is 8.06. The lowest BCUT2D eigenvalue weighted by Gasteiger charge is -2.23. The summed E-state index contributed by atoms with van der Waals surface area (Å²) >= 11 is 0. The summed E-state index contributed by atoms with van der Waals surface area (Å²) < 4.78 is 0. The number of H-pyrrole nitrogens is 1. The van der Waals surface area contributed by atoms with Crippen LogP contribution in [0, 0.1) is 0 Å². The third-order valence-corrected chi connectivity index (χ3v) is 5.20. The molecule has 1 aromatic carbocycles. The molecule has 14 heteroatoms. The molecule has 0 aliphatic heterocycles. The van der Waals surface area contributed by atoms with Crippen LogP contribution in [-0.2, 0) is 35.2 Å². The van der Waals surface area contributed by atoms with Gasteiger partial charge in [0.2, 0.25) is 17.7 Å². The number of aromatic nitrogens is 1. The van der Waals surface area contributed by atoms with Crippen molar-refractivity contribution in [2.24, 2.45) is 5.73 Å². The van der Waals surface area contributed by atoms with Gasteiger partial charge in [-0.25, -0.2) is 0 Å². The first-order chi connectivity index (χ1) is 16.9. The molecule has 0 saturated carbocycles. The Balaban J connectivity index is 2.12. The van der Waals surface area contributed by atoms with Gasteiger partial charge in [0.25, 0.3) is 0 Å². The van der Waals surface area contributed by atoms with Crippen LogP contribution in [-0.4, -0.2) is 80.1 Å². The monoisotopic (exact) mass is 505 g/mol. The number of nitrogens with one attached hydrogen (secondary N) is 4. The highest BCUT2D eigenvalue weighted by molar-refractivity contribution is 5.97. The number of nitrogens with two attached hydrogens (primary N) is 1. The summed E-state index contributed by atoms with van der Waals surface area (Å²) in [5.41, 5.74) is 7.52. The minimum absolute atomic E-state index is 0.0639. The van der Waals surface area contributed by atoms with Crippen LogP contribution < -0.4 is 21.7 Å². The SMILES string of the molecule is CC(NC(=O)C(CC(=O)O)NC(=O)C(CC(=O)O)NC(=O)C(N)Cc1c[nH]c2ccccc12)C(=O)O. The minimum Gasteiger partial charge on any atom is -0.481 e. The van der Waals surface area contributed by atoms with Crippen LogP contribution in [0.15, 0.2) is 30.5 Å². The average Bonchev–Trinajstić information content (AvgIpc) is 3.20. The third kappa shape index (κ3) is 7.80. The number of benzene rings is 1. The van der Waals surface area contributed by atoms with Gasteiger partial charge in [0.05, 0.1) is 18.9 Å². The van der Waals surface area contributed by atoms with Crippen molar-refractivity contribution in [3.63, 3.8) is 0 Å². The predicted molar refractivity (Wildman–Crippen MR) is 124 cm³/mol. The molecular formula is C22H27N5O9. The molecule has 2 rings (SSSR count). The number of fused-ring (bicyclic) bond motifs is 1. The molecule has 0 saturated heterocycles. The summed E-state index contributed by atoms with van der Waals surface area (Å²) in [5, 5.41) is 34.3. The van der Waals surface area contributed by atoms with Crippen molar-refractivity contribution in [1.82, 2.24) is 20.9 Å². The molecule has 1 heterocycles. The molecule has 0 radical (unpaired) electrons. The van der Waals surface area contributed by atoms with Crippen molar-refractivity contribution >= 4 is 46.5 Å². The molecule has 9 N–H and O–H groups in total. The number of hydrogen-bond acceptors (Lipinski definition) is 7. The number of rotatable bonds is 13. The first kappa shape index (κ1) is 27.8. The molecule has 0 aliphatic rings. The lowest BCUT2D eigenvalue weighted by Crippen LogP contribution is -2.57. The van der Waals surface area contributed by atoms with Crippen molar-refractivity contribution < 1.29 is 44.1 Å².